The lowest BCUT2D eigenvalue weighted by Gasteiger charge is -2.17. The maximum Gasteiger partial charge on any atom is 0.227 e. The first-order chi connectivity index (χ1) is 11.0. The molecule has 5 nitrogen and oxygen atoms in total. The molecule has 1 fully saturated rings. The molecule has 1 saturated heterocycles. The van der Waals surface area contributed by atoms with Crippen molar-refractivity contribution in [3.05, 3.63) is 24.0 Å². The van der Waals surface area contributed by atoms with Crippen LogP contribution < -0.4 is 10.2 Å². The Labute approximate surface area is 135 Å². The van der Waals surface area contributed by atoms with Crippen LogP contribution in [0.3, 0.4) is 0 Å². The highest BCUT2D eigenvalue weighted by Gasteiger charge is 2.24. The molecule has 2 amide bonds. The van der Waals surface area contributed by atoms with Gasteiger partial charge in [-0.15, -0.1) is 0 Å². The largest absolute Gasteiger partial charge is 0.381 e. The summed E-state index contributed by atoms with van der Waals surface area (Å²) in [6, 6.07) is 4.27. The van der Waals surface area contributed by atoms with E-state index >= 15 is 0 Å². The molecule has 0 atom stereocenters. The predicted octanol–water partition coefficient (Wildman–Crippen LogP) is 2.95. The van der Waals surface area contributed by atoms with Gasteiger partial charge in [0.05, 0.1) is 18.7 Å². The van der Waals surface area contributed by atoms with E-state index in [2.05, 4.69) is 5.32 Å². The van der Waals surface area contributed by atoms with E-state index in [-0.39, 0.29) is 23.9 Å². The maximum atomic E-state index is 13.9. The molecule has 0 unspecified atom stereocenters. The molecule has 1 aliphatic heterocycles. The summed E-state index contributed by atoms with van der Waals surface area (Å²) in [6.07, 6.45) is 1.40. The zero-order valence-corrected chi connectivity index (χ0v) is 13.6. The van der Waals surface area contributed by atoms with Crippen molar-refractivity contribution < 1.29 is 18.7 Å². The molecule has 1 N–H and O–H groups in total. The lowest BCUT2D eigenvalue weighted by atomic mass is 10.2. The molecule has 0 aromatic heterocycles. The number of hydrogen-bond acceptors (Lipinski definition) is 3. The first-order valence-corrected chi connectivity index (χ1v) is 7.95. The van der Waals surface area contributed by atoms with Gasteiger partial charge in [0.1, 0.15) is 5.82 Å². The summed E-state index contributed by atoms with van der Waals surface area (Å²) in [5, 5.41) is 2.71. The van der Waals surface area contributed by atoms with Crippen LogP contribution in [0.1, 0.15) is 33.1 Å². The molecule has 1 aliphatic rings. The highest BCUT2D eigenvalue weighted by atomic mass is 19.1. The van der Waals surface area contributed by atoms with Crippen molar-refractivity contribution in [1.82, 2.24) is 0 Å². The van der Waals surface area contributed by atoms with Crippen molar-refractivity contribution in [2.45, 2.75) is 33.1 Å². The van der Waals surface area contributed by atoms with Gasteiger partial charge in [-0.2, -0.15) is 0 Å². The van der Waals surface area contributed by atoms with Gasteiger partial charge in [0.25, 0.3) is 0 Å². The second kappa shape index (κ2) is 8.06. The fraction of sp³-hybridized carbons (Fsp3) is 0.529. The van der Waals surface area contributed by atoms with Gasteiger partial charge in [-0.05, 0) is 30.5 Å². The monoisotopic (exact) mass is 322 g/mol. The van der Waals surface area contributed by atoms with Gasteiger partial charge in [0.2, 0.25) is 11.8 Å². The predicted molar refractivity (Wildman–Crippen MR) is 86.9 cm³/mol. The second-order valence-electron chi connectivity index (χ2n) is 6.08. The van der Waals surface area contributed by atoms with E-state index in [9.17, 15) is 14.0 Å². The smallest absolute Gasteiger partial charge is 0.227 e. The molecule has 0 radical (unpaired) electrons. The summed E-state index contributed by atoms with van der Waals surface area (Å²) in [7, 11) is 0. The van der Waals surface area contributed by atoms with Crippen LogP contribution in [0.15, 0.2) is 18.2 Å². The molecule has 0 bridgehead atoms. The zero-order valence-electron chi connectivity index (χ0n) is 13.6. The van der Waals surface area contributed by atoms with Crippen LogP contribution in [-0.2, 0) is 14.3 Å². The first-order valence-electron chi connectivity index (χ1n) is 7.95. The van der Waals surface area contributed by atoms with Crippen LogP contribution >= 0.6 is 0 Å². The average molecular weight is 322 g/mol. The van der Waals surface area contributed by atoms with E-state index in [1.165, 1.54) is 23.1 Å². The van der Waals surface area contributed by atoms with Crippen molar-refractivity contribution >= 4 is 23.2 Å². The van der Waals surface area contributed by atoms with Gasteiger partial charge in [0, 0.05) is 25.3 Å². The van der Waals surface area contributed by atoms with Crippen molar-refractivity contribution in [2.75, 3.05) is 30.0 Å². The minimum absolute atomic E-state index is 0.0885. The lowest BCUT2D eigenvalue weighted by molar-refractivity contribution is -0.118. The number of rotatable bonds is 7. The number of nitrogens with zero attached hydrogens (tertiary/aromatic N) is 1. The van der Waals surface area contributed by atoms with Crippen LogP contribution in [0.2, 0.25) is 0 Å². The number of hydrogen-bond donors (Lipinski definition) is 1. The van der Waals surface area contributed by atoms with Crippen molar-refractivity contribution in [2.24, 2.45) is 5.92 Å². The Morgan fingerprint density at radius 1 is 1.43 bits per heavy atom. The standard InChI is InChI=1S/C17H23FN2O3/c1-12(2)11-23-9-7-16(21)19-13-5-6-14(18)15(10-13)20-8-3-4-17(20)22/h5-6,10,12H,3-4,7-9,11H2,1-2H3,(H,19,21). The fourth-order valence-corrected chi connectivity index (χ4v) is 2.41. The van der Waals surface area contributed by atoms with Crippen molar-refractivity contribution in [1.29, 1.82) is 0 Å². The minimum atomic E-state index is -0.460. The summed E-state index contributed by atoms with van der Waals surface area (Å²) in [4.78, 5) is 25.0. The summed E-state index contributed by atoms with van der Waals surface area (Å²) >= 11 is 0. The minimum Gasteiger partial charge on any atom is -0.381 e. The number of carbonyl (C=O) groups is 2. The molecular weight excluding hydrogens is 299 g/mol. The van der Waals surface area contributed by atoms with E-state index in [0.717, 1.165) is 6.42 Å². The quantitative estimate of drug-likeness (QED) is 0.785. The van der Waals surface area contributed by atoms with Crippen molar-refractivity contribution in [3.63, 3.8) is 0 Å². The van der Waals surface area contributed by atoms with E-state index in [4.69, 9.17) is 4.74 Å². The summed E-state index contributed by atoms with van der Waals surface area (Å²) in [5.41, 5.74) is 0.705. The van der Waals surface area contributed by atoms with Crippen LogP contribution in [-0.4, -0.2) is 31.6 Å². The summed E-state index contributed by atoms with van der Waals surface area (Å²) in [6.45, 7) is 5.56. The number of anilines is 2. The normalized spacial score (nSPS) is 14.6. The summed E-state index contributed by atoms with van der Waals surface area (Å²) in [5.74, 6) is -0.317. The number of nitrogens with one attached hydrogen (secondary N) is 1. The van der Waals surface area contributed by atoms with Crippen LogP contribution in [0.4, 0.5) is 15.8 Å². The molecule has 1 aromatic carbocycles. The van der Waals surface area contributed by atoms with Crippen LogP contribution in [0, 0.1) is 11.7 Å². The molecule has 0 aliphatic carbocycles. The van der Waals surface area contributed by atoms with E-state index in [1.807, 2.05) is 13.8 Å². The highest BCUT2D eigenvalue weighted by Crippen LogP contribution is 2.27. The number of benzene rings is 1. The molecular formula is C17H23FN2O3. The Kier molecular flexibility index (Phi) is 6.10. The van der Waals surface area contributed by atoms with Gasteiger partial charge < -0.3 is 15.0 Å². The number of ether oxygens (including phenoxy) is 1. The van der Waals surface area contributed by atoms with Gasteiger partial charge in [-0.1, -0.05) is 13.8 Å². The number of halogens is 1. The van der Waals surface area contributed by atoms with Crippen LogP contribution in [0.25, 0.3) is 0 Å². The second-order valence-corrected chi connectivity index (χ2v) is 6.08. The van der Waals surface area contributed by atoms with E-state index in [1.54, 1.807) is 0 Å². The Morgan fingerprint density at radius 3 is 2.87 bits per heavy atom. The third-order valence-corrected chi connectivity index (χ3v) is 3.52. The maximum absolute atomic E-state index is 13.9. The molecule has 126 valence electrons. The van der Waals surface area contributed by atoms with Gasteiger partial charge >= 0.3 is 0 Å². The van der Waals surface area contributed by atoms with Gasteiger partial charge in [-0.3, -0.25) is 9.59 Å². The Bertz CT molecular complexity index is 575. The molecule has 1 aromatic rings. The lowest BCUT2D eigenvalue weighted by Crippen LogP contribution is -2.25. The molecule has 0 spiro atoms. The molecule has 0 saturated carbocycles. The first kappa shape index (κ1) is 17.4. The van der Waals surface area contributed by atoms with Crippen molar-refractivity contribution in [3.8, 4) is 0 Å². The SMILES string of the molecule is CC(C)COCCC(=O)Nc1ccc(F)c(N2CCCC2=O)c1. The van der Waals surface area contributed by atoms with E-state index < -0.39 is 5.82 Å². The Balaban J connectivity index is 1.93. The van der Waals surface area contributed by atoms with Crippen LogP contribution in [0.5, 0.6) is 0 Å². The highest BCUT2D eigenvalue weighted by molar-refractivity contribution is 5.97. The Morgan fingerprint density at radius 2 is 2.22 bits per heavy atom. The van der Waals surface area contributed by atoms with Gasteiger partial charge in [-0.25, -0.2) is 4.39 Å². The molecule has 2 rings (SSSR count). The Hall–Kier alpha value is -1.95. The molecule has 1 heterocycles. The molecule has 6 heteroatoms. The topological polar surface area (TPSA) is 58.6 Å². The van der Waals surface area contributed by atoms with Gasteiger partial charge in [0.15, 0.2) is 0 Å². The molecule has 23 heavy (non-hydrogen) atoms. The third kappa shape index (κ3) is 5.03. The van der Waals surface area contributed by atoms with E-state index in [0.29, 0.717) is 37.8 Å². The zero-order chi connectivity index (χ0) is 16.8. The summed E-state index contributed by atoms with van der Waals surface area (Å²) < 4.78 is 19.3. The number of amides is 2. The number of carbonyl (C=O) groups excluding carboxylic acids is 2. The third-order valence-electron chi connectivity index (χ3n) is 3.52. The fourth-order valence-electron chi connectivity index (χ4n) is 2.41. The average Bonchev–Trinajstić information content (AvgIpc) is 2.91.